The average Bonchev–Trinajstić information content (AvgIpc) is 2.96. The van der Waals surface area contributed by atoms with Crippen molar-refractivity contribution in [3.63, 3.8) is 0 Å². The van der Waals surface area contributed by atoms with E-state index in [0.29, 0.717) is 0 Å². The van der Waals surface area contributed by atoms with Gasteiger partial charge in [0, 0.05) is 31.9 Å². The average molecular weight is 450 g/mol. The lowest BCUT2D eigenvalue weighted by Crippen LogP contribution is -2.38. The van der Waals surface area contributed by atoms with Gasteiger partial charge in [-0.05, 0) is 25.7 Å². The van der Waals surface area contributed by atoms with Crippen LogP contribution in [-0.4, -0.2) is 31.1 Å². The molecule has 1 heterocycles. The third-order valence-corrected chi connectivity index (χ3v) is 5.19. The van der Waals surface area contributed by atoms with Crippen molar-refractivity contribution in [3.8, 4) is 0 Å². The number of aromatic nitrogens is 1. The third kappa shape index (κ3) is 8.33. The first kappa shape index (κ1) is 20.7. The molecule has 0 spiro atoms. The highest BCUT2D eigenvalue weighted by atomic mass is 127. The van der Waals surface area contributed by atoms with Crippen molar-refractivity contribution in [2.24, 2.45) is 10.9 Å². The first-order chi connectivity index (χ1) is 10.8. The van der Waals surface area contributed by atoms with Gasteiger partial charge >= 0.3 is 0 Å². The summed E-state index contributed by atoms with van der Waals surface area (Å²) in [5.41, 5.74) is 1.17. The van der Waals surface area contributed by atoms with Crippen LogP contribution < -0.4 is 10.6 Å². The molecule has 0 aromatic carbocycles. The number of rotatable bonds is 7. The SMILES string of the molecule is CN=C(NCCCC1CCCCC1)NCCc1csc(C)n1.I. The van der Waals surface area contributed by atoms with Crippen molar-refractivity contribution in [1.29, 1.82) is 0 Å². The van der Waals surface area contributed by atoms with Crippen molar-refractivity contribution in [2.45, 2.75) is 58.3 Å². The predicted molar refractivity (Wildman–Crippen MR) is 111 cm³/mol. The van der Waals surface area contributed by atoms with Crippen LogP contribution in [0.25, 0.3) is 0 Å². The zero-order valence-electron chi connectivity index (χ0n) is 14.4. The van der Waals surface area contributed by atoms with Gasteiger partial charge in [0.15, 0.2) is 5.96 Å². The highest BCUT2D eigenvalue weighted by Gasteiger charge is 2.12. The Balaban J connectivity index is 0.00000264. The largest absolute Gasteiger partial charge is 0.356 e. The van der Waals surface area contributed by atoms with E-state index in [4.69, 9.17) is 0 Å². The summed E-state index contributed by atoms with van der Waals surface area (Å²) in [6.45, 7) is 3.95. The zero-order chi connectivity index (χ0) is 15.6. The fourth-order valence-corrected chi connectivity index (χ4v) is 3.77. The molecule has 1 aliphatic carbocycles. The van der Waals surface area contributed by atoms with Crippen LogP contribution in [0.4, 0.5) is 0 Å². The monoisotopic (exact) mass is 450 g/mol. The van der Waals surface area contributed by atoms with E-state index in [-0.39, 0.29) is 24.0 Å². The molecule has 0 amide bonds. The molecule has 1 saturated carbocycles. The molecule has 6 heteroatoms. The lowest BCUT2D eigenvalue weighted by atomic mass is 9.86. The van der Waals surface area contributed by atoms with Gasteiger partial charge in [-0.15, -0.1) is 35.3 Å². The van der Waals surface area contributed by atoms with Gasteiger partial charge in [0.2, 0.25) is 0 Å². The lowest BCUT2D eigenvalue weighted by molar-refractivity contribution is 0.332. The summed E-state index contributed by atoms with van der Waals surface area (Å²) >= 11 is 1.71. The quantitative estimate of drug-likeness (QED) is 0.284. The number of aliphatic imine (C=N–C) groups is 1. The molecule has 0 saturated heterocycles. The van der Waals surface area contributed by atoms with Crippen LogP contribution in [0, 0.1) is 12.8 Å². The number of hydrogen-bond acceptors (Lipinski definition) is 3. The van der Waals surface area contributed by atoms with E-state index < -0.39 is 0 Å². The smallest absolute Gasteiger partial charge is 0.190 e. The molecule has 132 valence electrons. The third-order valence-electron chi connectivity index (χ3n) is 4.37. The van der Waals surface area contributed by atoms with Gasteiger partial charge < -0.3 is 10.6 Å². The van der Waals surface area contributed by atoms with Crippen molar-refractivity contribution < 1.29 is 0 Å². The molecule has 4 nitrogen and oxygen atoms in total. The number of nitrogens with one attached hydrogen (secondary N) is 2. The van der Waals surface area contributed by atoms with Gasteiger partial charge in [0.1, 0.15) is 0 Å². The Morgan fingerprint density at radius 3 is 2.65 bits per heavy atom. The van der Waals surface area contributed by atoms with Crippen LogP contribution in [0.15, 0.2) is 10.4 Å². The Kier molecular flexibility index (Phi) is 10.8. The maximum absolute atomic E-state index is 4.48. The topological polar surface area (TPSA) is 49.3 Å². The minimum atomic E-state index is 0. The molecule has 0 atom stereocenters. The number of halogens is 1. The van der Waals surface area contributed by atoms with Crippen molar-refractivity contribution in [1.82, 2.24) is 15.6 Å². The Hall–Kier alpha value is -0.370. The fraction of sp³-hybridized carbons (Fsp3) is 0.765. The van der Waals surface area contributed by atoms with Crippen molar-refractivity contribution in [2.75, 3.05) is 20.1 Å². The van der Waals surface area contributed by atoms with Gasteiger partial charge in [-0.25, -0.2) is 4.98 Å². The highest BCUT2D eigenvalue weighted by molar-refractivity contribution is 14.0. The number of nitrogens with zero attached hydrogens (tertiary/aromatic N) is 2. The Morgan fingerprint density at radius 1 is 1.26 bits per heavy atom. The van der Waals surface area contributed by atoms with E-state index >= 15 is 0 Å². The number of thiazole rings is 1. The second-order valence-corrected chi connectivity index (χ2v) is 7.24. The summed E-state index contributed by atoms with van der Waals surface area (Å²) in [6.07, 6.45) is 10.8. The summed E-state index contributed by atoms with van der Waals surface area (Å²) in [4.78, 5) is 8.76. The molecule has 0 unspecified atom stereocenters. The van der Waals surface area contributed by atoms with E-state index in [9.17, 15) is 0 Å². The molecule has 2 rings (SSSR count). The van der Waals surface area contributed by atoms with Crippen LogP contribution >= 0.6 is 35.3 Å². The molecule has 0 radical (unpaired) electrons. The van der Waals surface area contributed by atoms with E-state index in [1.807, 2.05) is 14.0 Å². The molecule has 2 N–H and O–H groups in total. The maximum Gasteiger partial charge on any atom is 0.190 e. The molecule has 1 aromatic rings. The van der Waals surface area contributed by atoms with Gasteiger partial charge in [-0.1, -0.05) is 32.1 Å². The Labute approximate surface area is 162 Å². The molecule has 1 aromatic heterocycles. The Bertz CT molecular complexity index is 455. The molecule has 0 aliphatic heterocycles. The molecule has 0 bridgehead atoms. The summed E-state index contributed by atoms with van der Waals surface area (Å²) in [7, 11) is 1.84. The molecular weight excluding hydrogens is 419 g/mol. The summed E-state index contributed by atoms with van der Waals surface area (Å²) in [5, 5.41) is 10.1. The standard InChI is InChI=1S/C17H30N4S.HI/c1-14-21-16(13-22-14)10-12-20-17(18-2)19-11-6-9-15-7-4-3-5-8-15;/h13,15H,3-12H2,1-2H3,(H2,18,19,20);1H. The number of hydrogen-bond donors (Lipinski definition) is 2. The molecule has 23 heavy (non-hydrogen) atoms. The van der Waals surface area contributed by atoms with Crippen LogP contribution in [0.5, 0.6) is 0 Å². The Morgan fingerprint density at radius 2 is 2.00 bits per heavy atom. The van der Waals surface area contributed by atoms with Crippen LogP contribution in [-0.2, 0) is 6.42 Å². The van der Waals surface area contributed by atoms with Gasteiger partial charge in [-0.2, -0.15) is 0 Å². The minimum Gasteiger partial charge on any atom is -0.356 e. The number of aryl methyl sites for hydroxylation is 1. The first-order valence-corrected chi connectivity index (χ1v) is 9.51. The van der Waals surface area contributed by atoms with E-state index in [1.165, 1.54) is 50.6 Å². The fourth-order valence-electron chi connectivity index (χ4n) is 3.13. The van der Waals surface area contributed by atoms with Crippen LogP contribution in [0.3, 0.4) is 0 Å². The molecule has 1 aliphatic rings. The second-order valence-electron chi connectivity index (χ2n) is 6.18. The van der Waals surface area contributed by atoms with Crippen molar-refractivity contribution in [3.05, 3.63) is 16.1 Å². The summed E-state index contributed by atoms with van der Waals surface area (Å²) in [6, 6.07) is 0. The summed E-state index contributed by atoms with van der Waals surface area (Å²) < 4.78 is 0. The zero-order valence-corrected chi connectivity index (χ0v) is 17.6. The molecule has 1 fully saturated rings. The predicted octanol–water partition coefficient (Wildman–Crippen LogP) is 4.14. The van der Waals surface area contributed by atoms with E-state index in [1.54, 1.807) is 11.3 Å². The normalized spacial score (nSPS) is 16.0. The first-order valence-electron chi connectivity index (χ1n) is 8.63. The van der Waals surface area contributed by atoms with Gasteiger partial charge in [-0.3, -0.25) is 4.99 Å². The highest BCUT2D eigenvalue weighted by Crippen LogP contribution is 2.26. The minimum absolute atomic E-state index is 0. The van der Waals surface area contributed by atoms with Gasteiger partial charge in [0.25, 0.3) is 0 Å². The van der Waals surface area contributed by atoms with Gasteiger partial charge in [0.05, 0.1) is 10.7 Å². The second kappa shape index (κ2) is 12.1. The van der Waals surface area contributed by atoms with Crippen LogP contribution in [0.1, 0.15) is 55.6 Å². The van der Waals surface area contributed by atoms with E-state index in [2.05, 4.69) is 26.0 Å². The van der Waals surface area contributed by atoms with Crippen molar-refractivity contribution >= 4 is 41.3 Å². The maximum atomic E-state index is 4.48. The number of guanidine groups is 1. The summed E-state index contributed by atoms with van der Waals surface area (Å²) in [5.74, 6) is 1.88. The molecular formula is C17H31IN4S. The lowest BCUT2D eigenvalue weighted by Gasteiger charge is -2.21. The van der Waals surface area contributed by atoms with E-state index in [0.717, 1.165) is 36.4 Å². The van der Waals surface area contributed by atoms with Crippen LogP contribution in [0.2, 0.25) is 0 Å².